The maximum absolute atomic E-state index is 12.6. The fraction of sp³-hybridized carbons (Fsp3) is 0.294. The number of hydrogen-bond donors (Lipinski definition) is 2. The van der Waals surface area contributed by atoms with E-state index in [1.807, 2.05) is 0 Å². The second-order valence-electron chi connectivity index (χ2n) is 5.83. The number of hydrogen-bond acceptors (Lipinski definition) is 4. The van der Waals surface area contributed by atoms with Crippen molar-refractivity contribution in [2.75, 3.05) is 0 Å². The Kier molecular flexibility index (Phi) is 3.73. The van der Waals surface area contributed by atoms with Gasteiger partial charge in [0.2, 0.25) is 0 Å². The predicted octanol–water partition coefficient (Wildman–Crippen LogP) is 4.39. The molecule has 0 amide bonds. The van der Waals surface area contributed by atoms with Crippen molar-refractivity contribution in [1.82, 2.24) is 9.97 Å². The quantitative estimate of drug-likeness (QED) is 0.605. The van der Waals surface area contributed by atoms with Crippen molar-refractivity contribution in [3.05, 3.63) is 43.5 Å². The van der Waals surface area contributed by atoms with Crippen LogP contribution < -0.4 is 5.56 Å². The van der Waals surface area contributed by atoms with E-state index < -0.39 is 0 Å². The minimum Gasteiger partial charge on any atom is -0.507 e. The third-order valence-electron chi connectivity index (χ3n) is 4.30. The summed E-state index contributed by atoms with van der Waals surface area (Å²) < 4.78 is 0.583. The molecule has 1 aliphatic carbocycles. The van der Waals surface area contributed by atoms with Gasteiger partial charge in [0.05, 0.1) is 9.86 Å². The largest absolute Gasteiger partial charge is 0.507 e. The summed E-state index contributed by atoms with van der Waals surface area (Å²) in [4.78, 5) is 22.3. The molecule has 3 aromatic rings. The van der Waals surface area contributed by atoms with Crippen LogP contribution in [0.15, 0.2) is 27.5 Å². The first-order valence-corrected chi connectivity index (χ1v) is 9.28. The number of H-pyrrole nitrogens is 1. The fourth-order valence-electron chi connectivity index (χ4n) is 3.13. The fourth-order valence-corrected chi connectivity index (χ4v) is 4.77. The number of rotatable bonds is 1. The van der Waals surface area contributed by atoms with Crippen LogP contribution in [0.5, 0.6) is 5.75 Å². The number of aryl methyl sites for hydroxylation is 2. The Balaban J connectivity index is 1.90. The van der Waals surface area contributed by atoms with Gasteiger partial charge >= 0.3 is 0 Å². The molecule has 1 aromatic carbocycles. The van der Waals surface area contributed by atoms with Gasteiger partial charge in [0, 0.05) is 10.4 Å². The van der Waals surface area contributed by atoms with Crippen molar-refractivity contribution in [1.29, 1.82) is 0 Å². The van der Waals surface area contributed by atoms with Gasteiger partial charge in [0.15, 0.2) is 0 Å². The molecule has 23 heavy (non-hydrogen) atoms. The van der Waals surface area contributed by atoms with E-state index in [1.165, 1.54) is 23.3 Å². The molecule has 4 rings (SSSR count). The molecule has 1 aliphatic rings. The van der Waals surface area contributed by atoms with Crippen molar-refractivity contribution in [2.45, 2.75) is 32.1 Å². The number of phenols is 1. The molecule has 0 unspecified atom stereocenters. The summed E-state index contributed by atoms with van der Waals surface area (Å²) in [5.41, 5.74) is 1.92. The molecule has 2 N–H and O–H groups in total. The number of nitrogens with zero attached hydrogens (tertiary/aromatic N) is 1. The second-order valence-corrected chi connectivity index (χ2v) is 7.76. The maximum atomic E-state index is 12.6. The molecule has 0 radical (unpaired) electrons. The number of aromatic nitrogens is 2. The van der Waals surface area contributed by atoms with E-state index in [-0.39, 0.29) is 11.3 Å². The van der Waals surface area contributed by atoms with E-state index in [0.29, 0.717) is 10.3 Å². The zero-order chi connectivity index (χ0) is 16.0. The summed E-state index contributed by atoms with van der Waals surface area (Å²) in [7, 11) is 0. The third kappa shape index (κ3) is 2.60. The van der Waals surface area contributed by atoms with E-state index >= 15 is 0 Å². The van der Waals surface area contributed by atoms with Gasteiger partial charge in [-0.1, -0.05) is 6.42 Å². The third-order valence-corrected chi connectivity index (χ3v) is 6.12. The second kappa shape index (κ2) is 5.76. The monoisotopic (exact) mass is 390 g/mol. The minimum atomic E-state index is -0.0615. The molecule has 0 saturated heterocycles. The Morgan fingerprint density at radius 2 is 2.04 bits per heavy atom. The van der Waals surface area contributed by atoms with Crippen molar-refractivity contribution in [3.63, 3.8) is 0 Å². The van der Waals surface area contributed by atoms with Crippen LogP contribution in [-0.2, 0) is 12.8 Å². The summed E-state index contributed by atoms with van der Waals surface area (Å²) in [6, 6.07) is 5.11. The highest BCUT2D eigenvalue weighted by Crippen LogP contribution is 2.34. The van der Waals surface area contributed by atoms with E-state index in [9.17, 15) is 9.90 Å². The first-order valence-electron chi connectivity index (χ1n) is 7.67. The highest BCUT2D eigenvalue weighted by Gasteiger charge is 2.19. The molecule has 118 valence electrons. The Morgan fingerprint density at radius 1 is 1.22 bits per heavy atom. The molecular formula is C17H15BrN2O2S. The highest BCUT2D eigenvalue weighted by molar-refractivity contribution is 9.10. The van der Waals surface area contributed by atoms with Crippen molar-refractivity contribution >= 4 is 37.5 Å². The van der Waals surface area contributed by atoms with E-state index in [1.54, 1.807) is 29.5 Å². The Morgan fingerprint density at radius 3 is 2.87 bits per heavy atom. The normalized spacial score (nSPS) is 14.7. The number of phenolic OH excluding ortho intramolecular Hbond substituents is 1. The molecule has 2 aromatic heterocycles. The van der Waals surface area contributed by atoms with Crippen molar-refractivity contribution in [3.8, 4) is 17.1 Å². The average molecular weight is 391 g/mol. The van der Waals surface area contributed by atoms with Gasteiger partial charge in [0.1, 0.15) is 16.4 Å². The lowest BCUT2D eigenvalue weighted by molar-refractivity contribution is 0.472. The Hall–Kier alpha value is -1.66. The maximum Gasteiger partial charge on any atom is 0.260 e. The zero-order valence-electron chi connectivity index (χ0n) is 12.4. The standard InChI is InChI=1S/C17H15BrN2O2S/c18-11-8-9(6-7-12(11)21)15-19-16(22)14-10-4-2-1-3-5-13(10)23-17(14)20-15/h6-8,21H,1-5H2,(H,19,20,22). The molecule has 0 saturated carbocycles. The molecule has 0 atom stereocenters. The number of halogens is 1. The number of benzene rings is 1. The van der Waals surface area contributed by atoms with Crippen LogP contribution in [0.2, 0.25) is 0 Å². The molecule has 0 spiro atoms. The molecular weight excluding hydrogens is 376 g/mol. The highest BCUT2D eigenvalue weighted by atomic mass is 79.9. The summed E-state index contributed by atoms with van der Waals surface area (Å²) in [5, 5.41) is 10.4. The van der Waals surface area contributed by atoms with Crippen LogP contribution in [0.1, 0.15) is 29.7 Å². The summed E-state index contributed by atoms with van der Waals surface area (Å²) >= 11 is 4.95. The molecule has 2 heterocycles. The topological polar surface area (TPSA) is 66.0 Å². The van der Waals surface area contributed by atoms with Gasteiger partial charge in [-0.2, -0.15) is 0 Å². The van der Waals surface area contributed by atoms with Crippen LogP contribution in [-0.4, -0.2) is 15.1 Å². The first-order chi connectivity index (χ1) is 11.1. The molecule has 0 bridgehead atoms. The molecule has 6 heteroatoms. The van der Waals surface area contributed by atoms with Gasteiger partial charge in [0.25, 0.3) is 5.56 Å². The van der Waals surface area contributed by atoms with Gasteiger partial charge in [-0.25, -0.2) is 4.98 Å². The van der Waals surface area contributed by atoms with Crippen molar-refractivity contribution < 1.29 is 5.11 Å². The van der Waals surface area contributed by atoms with Crippen LogP contribution in [0, 0.1) is 0 Å². The zero-order valence-corrected chi connectivity index (χ0v) is 14.8. The van der Waals surface area contributed by atoms with Crippen LogP contribution in [0.4, 0.5) is 0 Å². The first kappa shape index (κ1) is 14.9. The number of nitrogens with one attached hydrogen (secondary N) is 1. The average Bonchev–Trinajstić information content (AvgIpc) is 2.72. The molecule has 4 nitrogen and oxygen atoms in total. The van der Waals surface area contributed by atoms with E-state index in [0.717, 1.165) is 35.0 Å². The summed E-state index contributed by atoms with van der Waals surface area (Å²) in [6.07, 6.45) is 5.59. The van der Waals surface area contributed by atoms with Crippen LogP contribution >= 0.6 is 27.3 Å². The van der Waals surface area contributed by atoms with E-state index in [2.05, 4.69) is 25.9 Å². The Labute approximate surface area is 145 Å². The number of aromatic amines is 1. The smallest absolute Gasteiger partial charge is 0.260 e. The lowest BCUT2D eigenvalue weighted by atomic mass is 10.1. The minimum absolute atomic E-state index is 0.0615. The van der Waals surface area contributed by atoms with Crippen LogP contribution in [0.25, 0.3) is 21.6 Å². The predicted molar refractivity (Wildman–Crippen MR) is 96.3 cm³/mol. The van der Waals surface area contributed by atoms with Gasteiger partial charge < -0.3 is 10.1 Å². The van der Waals surface area contributed by atoms with Gasteiger partial charge in [-0.15, -0.1) is 11.3 Å². The number of aromatic hydroxyl groups is 1. The molecule has 0 aliphatic heterocycles. The summed E-state index contributed by atoms with van der Waals surface area (Å²) in [6.45, 7) is 0. The summed E-state index contributed by atoms with van der Waals surface area (Å²) in [5.74, 6) is 0.708. The molecule has 0 fully saturated rings. The van der Waals surface area contributed by atoms with Gasteiger partial charge in [-0.3, -0.25) is 4.79 Å². The number of thiophene rings is 1. The number of fused-ring (bicyclic) bond motifs is 3. The Bertz CT molecular complexity index is 961. The van der Waals surface area contributed by atoms with Crippen LogP contribution in [0.3, 0.4) is 0 Å². The van der Waals surface area contributed by atoms with E-state index in [4.69, 9.17) is 0 Å². The lowest BCUT2D eigenvalue weighted by Gasteiger charge is -2.04. The lowest BCUT2D eigenvalue weighted by Crippen LogP contribution is -2.10. The SMILES string of the molecule is O=c1[nH]c(-c2ccc(O)c(Br)c2)nc2sc3c(c12)CCCCC3. The van der Waals surface area contributed by atoms with Gasteiger partial charge in [-0.05, 0) is 65.4 Å². The van der Waals surface area contributed by atoms with Crippen molar-refractivity contribution in [2.24, 2.45) is 0 Å².